The Balaban J connectivity index is 4.13. The lowest BCUT2D eigenvalue weighted by molar-refractivity contribution is -0.168. The highest BCUT2D eigenvalue weighted by Crippen LogP contribution is 2.38. The van der Waals surface area contributed by atoms with Gasteiger partial charge in [0.25, 0.3) is 0 Å². The molecule has 0 nitrogen and oxygen atoms in total. The standard InChI is InChI=1S/C10H14F6S/c1-6(4-5-9(11,12)13)17-8(3)7(2)10(14,15)16/h7-8H,1,4-5H2,2-3H3/t7-,8?/m0/s1. The predicted molar refractivity (Wildman–Crippen MR) is 56.7 cm³/mol. The molecule has 0 aromatic heterocycles. The minimum Gasteiger partial charge on any atom is -0.171 e. The zero-order chi connectivity index (χ0) is 13.9. The molecule has 0 aromatic carbocycles. The van der Waals surface area contributed by atoms with Gasteiger partial charge in [0, 0.05) is 11.7 Å². The van der Waals surface area contributed by atoms with Crippen LogP contribution < -0.4 is 0 Å². The Labute approximate surface area is 100 Å². The van der Waals surface area contributed by atoms with Gasteiger partial charge in [-0.25, -0.2) is 0 Å². The van der Waals surface area contributed by atoms with Gasteiger partial charge in [-0.05, 0) is 11.3 Å². The predicted octanol–water partition coefficient (Wildman–Crippen LogP) is 5.16. The van der Waals surface area contributed by atoms with Crippen molar-refractivity contribution in [3.63, 3.8) is 0 Å². The van der Waals surface area contributed by atoms with Gasteiger partial charge >= 0.3 is 12.4 Å². The molecule has 0 aliphatic carbocycles. The molecule has 1 unspecified atom stereocenters. The fraction of sp³-hybridized carbons (Fsp3) is 0.800. The number of rotatable bonds is 5. The van der Waals surface area contributed by atoms with Crippen LogP contribution in [0.1, 0.15) is 26.7 Å². The second-order valence-electron chi connectivity index (χ2n) is 3.81. The van der Waals surface area contributed by atoms with Crippen LogP contribution >= 0.6 is 11.8 Å². The van der Waals surface area contributed by atoms with E-state index in [4.69, 9.17) is 0 Å². The maximum absolute atomic E-state index is 12.3. The van der Waals surface area contributed by atoms with E-state index in [0.717, 1.165) is 18.7 Å². The topological polar surface area (TPSA) is 0 Å². The fourth-order valence-corrected chi connectivity index (χ4v) is 2.08. The van der Waals surface area contributed by atoms with E-state index in [1.54, 1.807) is 0 Å². The smallest absolute Gasteiger partial charge is 0.171 e. The van der Waals surface area contributed by atoms with Crippen molar-refractivity contribution in [2.24, 2.45) is 5.92 Å². The quantitative estimate of drug-likeness (QED) is 0.626. The summed E-state index contributed by atoms with van der Waals surface area (Å²) in [5.41, 5.74) is 0. The second kappa shape index (κ2) is 6.02. The van der Waals surface area contributed by atoms with E-state index in [-0.39, 0.29) is 11.3 Å². The molecule has 0 spiro atoms. The lowest BCUT2D eigenvalue weighted by atomic mass is 10.1. The first-order valence-electron chi connectivity index (χ1n) is 4.91. The SMILES string of the molecule is C=C(CCC(F)(F)F)SC(C)[C@H](C)C(F)(F)F. The Morgan fingerprint density at radius 3 is 1.94 bits per heavy atom. The molecule has 0 heterocycles. The summed E-state index contributed by atoms with van der Waals surface area (Å²) in [6.45, 7) is 5.70. The Bertz CT molecular complexity index is 255. The van der Waals surface area contributed by atoms with Crippen LogP contribution in [0, 0.1) is 5.92 Å². The van der Waals surface area contributed by atoms with Crippen LogP contribution in [-0.2, 0) is 0 Å². The Morgan fingerprint density at radius 2 is 1.59 bits per heavy atom. The largest absolute Gasteiger partial charge is 0.392 e. The average Bonchev–Trinajstić information content (AvgIpc) is 2.10. The molecule has 0 aromatic rings. The van der Waals surface area contributed by atoms with Crippen molar-refractivity contribution in [2.75, 3.05) is 0 Å². The Hall–Kier alpha value is -0.330. The second-order valence-corrected chi connectivity index (χ2v) is 5.36. The van der Waals surface area contributed by atoms with Crippen molar-refractivity contribution < 1.29 is 26.3 Å². The summed E-state index contributed by atoms with van der Waals surface area (Å²) >= 11 is 0.761. The first-order chi connectivity index (χ1) is 7.43. The summed E-state index contributed by atoms with van der Waals surface area (Å²) in [4.78, 5) is 0.130. The fourth-order valence-electron chi connectivity index (χ4n) is 0.971. The van der Waals surface area contributed by atoms with Gasteiger partial charge in [0.05, 0.1) is 5.92 Å². The third-order valence-electron chi connectivity index (χ3n) is 2.26. The zero-order valence-corrected chi connectivity index (χ0v) is 10.3. The molecule has 0 aliphatic heterocycles. The maximum atomic E-state index is 12.3. The molecule has 0 N–H and O–H groups in total. The number of halogens is 6. The summed E-state index contributed by atoms with van der Waals surface area (Å²) in [5.74, 6) is -1.57. The van der Waals surface area contributed by atoms with Gasteiger partial charge in [-0.3, -0.25) is 0 Å². The summed E-state index contributed by atoms with van der Waals surface area (Å²) in [6.07, 6.45) is -10.0. The highest BCUT2D eigenvalue weighted by molar-refractivity contribution is 8.03. The monoisotopic (exact) mass is 280 g/mol. The van der Waals surface area contributed by atoms with E-state index in [0.29, 0.717) is 0 Å². The average molecular weight is 280 g/mol. The molecule has 0 bridgehead atoms. The van der Waals surface area contributed by atoms with Crippen LogP contribution in [0.15, 0.2) is 11.5 Å². The van der Waals surface area contributed by atoms with E-state index in [1.165, 1.54) is 6.92 Å². The van der Waals surface area contributed by atoms with E-state index in [2.05, 4.69) is 6.58 Å². The van der Waals surface area contributed by atoms with Crippen LogP contribution in [0.3, 0.4) is 0 Å². The molecule has 0 radical (unpaired) electrons. The Morgan fingerprint density at radius 1 is 1.12 bits per heavy atom. The van der Waals surface area contributed by atoms with Crippen LogP contribution in [0.4, 0.5) is 26.3 Å². The normalized spacial score (nSPS) is 16.7. The first-order valence-corrected chi connectivity index (χ1v) is 5.79. The van der Waals surface area contributed by atoms with Crippen molar-refractivity contribution in [1.82, 2.24) is 0 Å². The molecule has 7 heteroatoms. The van der Waals surface area contributed by atoms with Crippen molar-refractivity contribution >= 4 is 11.8 Å². The molecular weight excluding hydrogens is 266 g/mol. The van der Waals surface area contributed by atoms with Gasteiger partial charge in [-0.15, -0.1) is 11.8 Å². The third kappa shape index (κ3) is 7.57. The number of allylic oxidation sites excluding steroid dienone is 1. The summed E-state index contributed by atoms with van der Waals surface area (Å²) < 4.78 is 72.5. The van der Waals surface area contributed by atoms with Crippen molar-refractivity contribution in [2.45, 2.75) is 44.3 Å². The highest BCUT2D eigenvalue weighted by atomic mass is 32.2. The van der Waals surface area contributed by atoms with Crippen LogP contribution in [-0.4, -0.2) is 17.6 Å². The van der Waals surface area contributed by atoms with Crippen molar-refractivity contribution in [1.29, 1.82) is 0 Å². The number of alkyl halides is 6. The molecular formula is C10H14F6S. The first kappa shape index (κ1) is 16.7. The van der Waals surface area contributed by atoms with Gasteiger partial charge in [-0.2, -0.15) is 26.3 Å². The zero-order valence-electron chi connectivity index (χ0n) is 9.45. The van der Waals surface area contributed by atoms with Gasteiger partial charge in [-0.1, -0.05) is 20.4 Å². The molecule has 0 fully saturated rings. The van der Waals surface area contributed by atoms with Crippen molar-refractivity contribution in [3.8, 4) is 0 Å². The molecule has 2 atom stereocenters. The van der Waals surface area contributed by atoms with Crippen molar-refractivity contribution in [3.05, 3.63) is 11.5 Å². The van der Waals surface area contributed by atoms with Crippen LogP contribution in [0.5, 0.6) is 0 Å². The van der Waals surface area contributed by atoms with Gasteiger partial charge in [0.15, 0.2) is 0 Å². The van der Waals surface area contributed by atoms with Gasteiger partial charge in [0.2, 0.25) is 0 Å². The van der Waals surface area contributed by atoms with E-state index in [9.17, 15) is 26.3 Å². The maximum Gasteiger partial charge on any atom is 0.392 e. The molecule has 0 rings (SSSR count). The number of thioether (sulfide) groups is 1. The summed E-state index contributed by atoms with van der Waals surface area (Å²) in [6, 6.07) is 0. The molecule has 0 amide bonds. The molecule has 0 saturated carbocycles. The third-order valence-corrected chi connectivity index (χ3v) is 3.58. The summed E-state index contributed by atoms with van der Waals surface area (Å²) in [5, 5.41) is -0.837. The van der Waals surface area contributed by atoms with Gasteiger partial charge in [0.1, 0.15) is 0 Å². The molecule has 0 saturated heterocycles. The molecule has 17 heavy (non-hydrogen) atoms. The number of hydrogen-bond acceptors (Lipinski definition) is 1. The van der Waals surface area contributed by atoms with Gasteiger partial charge < -0.3 is 0 Å². The van der Waals surface area contributed by atoms with Crippen LogP contribution in [0.25, 0.3) is 0 Å². The van der Waals surface area contributed by atoms with E-state index in [1.807, 2.05) is 0 Å². The molecule has 102 valence electrons. The lowest BCUT2D eigenvalue weighted by Crippen LogP contribution is -2.27. The Kier molecular flexibility index (Phi) is 5.90. The van der Waals surface area contributed by atoms with E-state index >= 15 is 0 Å². The minimum atomic E-state index is -4.34. The minimum absolute atomic E-state index is 0.130. The number of hydrogen-bond donors (Lipinski definition) is 0. The van der Waals surface area contributed by atoms with E-state index < -0.39 is 29.9 Å². The van der Waals surface area contributed by atoms with Crippen LogP contribution in [0.2, 0.25) is 0 Å². The summed E-state index contributed by atoms with van der Waals surface area (Å²) in [7, 11) is 0. The highest BCUT2D eigenvalue weighted by Gasteiger charge is 2.40. The lowest BCUT2D eigenvalue weighted by Gasteiger charge is -2.22. The molecule has 0 aliphatic rings.